The van der Waals surface area contributed by atoms with Crippen LogP contribution in [0.1, 0.15) is 50.6 Å². The highest BCUT2D eigenvalue weighted by molar-refractivity contribution is 7.90. The minimum Gasteiger partial charge on any atom is -0.476 e. The Morgan fingerprint density at radius 1 is 1.28 bits per heavy atom. The number of nitrogens with one attached hydrogen (secondary N) is 3. The van der Waals surface area contributed by atoms with Gasteiger partial charge in [-0.15, -0.1) is 0 Å². The smallest absolute Gasteiger partial charge is 0.194 e. The molecule has 10 heteroatoms. The fraction of sp³-hybridized carbons (Fsp3) is 0.526. The third-order valence-electron chi connectivity index (χ3n) is 5.44. The first kappa shape index (κ1) is 19.7. The molecule has 2 aliphatic carbocycles. The molecule has 2 aliphatic rings. The molecule has 0 aromatic carbocycles. The minimum atomic E-state index is -3.37. The number of H-pyrrole nitrogens is 1. The number of rotatable bonds is 8. The zero-order valence-electron chi connectivity index (χ0n) is 16.6. The van der Waals surface area contributed by atoms with Gasteiger partial charge in [0.05, 0.1) is 12.4 Å². The molecule has 0 saturated heterocycles. The van der Waals surface area contributed by atoms with Crippen LogP contribution in [0.3, 0.4) is 0 Å². The van der Waals surface area contributed by atoms with E-state index in [4.69, 9.17) is 4.74 Å². The normalized spacial score (nSPS) is 22.8. The molecule has 29 heavy (non-hydrogen) atoms. The second-order valence-electron chi connectivity index (χ2n) is 8.20. The molecule has 156 valence electrons. The number of anilines is 2. The molecule has 0 bridgehead atoms. The quantitative estimate of drug-likeness (QED) is 0.559. The summed E-state index contributed by atoms with van der Waals surface area (Å²) in [6, 6.07) is 1.94. The first-order valence-electron chi connectivity index (χ1n) is 9.68. The summed E-state index contributed by atoms with van der Waals surface area (Å²) in [7, 11) is -3.37. The van der Waals surface area contributed by atoms with Crippen LogP contribution in [0.2, 0.25) is 0 Å². The van der Waals surface area contributed by atoms with Crippen LogP contribution in [0.5, 0.6) is 0 Å². The zero-order chi connectivity index (χ0) is 20.6. The second-order valence-corrected chi connectivity index (χ2v) is 10.2. The maximum Gasteiger partial charge on any atom is 0.194 e. The van der Waals surface area contributed by atoms with E-state index in [9.17, 15) is 8.42 Å². The summed E-state index contributed by atoms with van der Waals surface area (Å²) >= 11 is 0. The van der Waals surface area contributed by atoms with Gasteiger partial charge in [-0.1, -0.05) is 0 Å². The van der Waals surface area contributed by atoms with Crippen molar-refractivity contribution < 1.29 is 13.2 Å². The largest absolute Gasteiger partial charge is 0.476 e. The van der Waals surface area contributed by atoms with Crippen molar-refractivity contribution in [1.82, 2.24) is 25.5 Å². The molecule has 0 radical (unpaired) electrons. The van der Waals surface area contributed by atoms with Crippen molar-refractivity contribution in [3.05, 3.63) is 36.6 Å². The summed E-state index contributed by atoms with van der Waals surface area (Å²) in [5.74, 6) is 2.04. The highest BCUT2D eigenvalue weighted by Crippen LogP contribution is 2.38. The van der Waals surface area contributed by atoms with Crippen LogP contribution in [0.4, 0.5) is 11.6 Å². The predicted molar refractivity (Wildman–Crippen MR) is 108 cm³/mol. The molecule has 2 saturated carbocycles. The van der Waals surface area contributed by atoms with E-state index < -0.39 is 9.84 Å². The molecule has 3 N–H and O–H groups in total. The summed E-state index contributed by atoms with van der Waals surface area (Å²) in [5, 5.41) is 13.7. The Bertz CT molecular complexity index is 997. The van der Waals surface area contributed by atoms with E-state index in [1.54, 1.807) is 0 Å². The van der Waals surface area contributed by atoms with Crippen LogP contribution >= 0.6 is 0 Å². The van der Waals surface area contributed by atoms with Crippen LogP contribution < -0.4 is 10.6 Å². The van der Waals surface area contributed by atoms with E-state index in [-0.39, 0.29) is 16.7 Å². The summed E-state index contributed by atoms with van der Waals surface area (Å²) in [6.07, 6.45) is 9.07. The summed E-state index contributed by atoms with van der Waals surface area (Å²) in [5.41, 5.74) is 1.20. The van der Waals surface area contributed by atoms with E-state index in [0.29, 0.717) is 23.4 Å². The Morgan fingerprint density at radius 2 is 2.07 bits per heavy atom. The van der Waals surface area contributed by atoms with Gasteiger partial charge in [0.2, 0.25) is 0 Å². The first-order chi connectivity index (χ1) is 13.7. The number of aromatic nitrogens is 4. The zero-order valence-corrected chi connectivity index (χ0v) is 17.4. The SMILES string of the molecule is C=C(NC1(C)CC1)O[C@@H]1CC[C@H](c2cc(Nc3cnc(S(C)(=O)=O)cn3)n[nH]2)C1. The van der Waals surface area contributed by atoms with Gasteiger partial charge in [-0.3, -0.25) is 5.10 Å². The van der Waals surface area contributed by atoms with E-state index in [2.05, 4.69) is 44.3 Å². The van der Waals surface area contributed by atoms with Gasteiger partial charge < -0.3 is 15.4 Å². The highest BCUT2D eigenvalue weighted by atomic mass is 32.2. The maximum atomic E-state index is 11.5. The molecule has 0 unspecified atom stereocenters. The molecule has 0 aliphatic heterocycles. The minimum absolute atomic E-state index is 0.0606. The van der Waals surface area contributed by atoms with E-state index in [1.807, 2.05) is 6.07 Å². The Kier molecular flexibility index (Phi) is 4.97. The highest BCUT2D eigenvalue weighted by Gasteiger charge is 2.38. The lowest BCUT2D eigenvalue weighted by atomic mass is 10.0. The molecule has 2 fully saturated rings. The van der Waals surface area contributed by atoms with Gasteiger partial charge >= 0.3 is 0 Å². The summed E-state index contributed by atoms with van der Waals surface area (Å²) in [6.45, 7) is 6.18. The third-order valence-corrected chi connectivity index (χ3v) is 6.41. The maximum absolute atomic E-state index is 11.5. The number of ether oxygens (including phenoxy) is 1. The molecular weight excluding hydrogens is 392 g/mol. The van der Waals surface area contributed by atoms with E-state index >= 15 is 0 Å². The van der Waals surface area contributed by atoms with Crippen LogP contribution in [-0.2, 0) is 14.6 Å². The molecule has 2 heterocycles. The van der Waals surface area contributed by atoms with E-state index in [0.717, 1.165) is 44.1 Å². The first-order valence-corrected chi connectivity index (χ1v) is 11.6. The van der Waals surface area contributed by atoms with Crippen molar-refractivity contribution in [1.29, 1.82) is 0 Å². The Balaban J connectivity index is 1.31. The third kappa shape index (κ3) is 4.87. The average Bonchev–Trinajstić information content (AvgIpc) is 3.04. The number of hydrogen-bond acceptors (Lipinski definition) is 8. The number of hydrogen-bond donors (Lipinski definition) is 3. The lowest BCUT2D eigenvalue weighted by Gasteiger charge is -2.20. The molecule has 9 nitrogen and oxygen atoms in total. The van der Waals surface area contributed by atoms with Crippen LogP contribution in [0, 0.1) is 0 Å². The van der Waals surface area contributed by atoms with Gasteiger partial charge in [0.1, 0.15) is 11.9 Å². The molecule has 0 spiro atoms. The average molecular weight is 419 g/mol. The standard InChI is InChI=1S/C19H26N6O3S/c1-12(23-19(2)6-7-19)28-14-5-4-13(8-14)15-9-16(25-24-15)22-17-10-21-18(11-20-17)29(3,26)27/h9-11,13-14,23H,1,4-8H2,2-3H3,(H2,20,22,24,25)/t13-,14+/m0/s1. The van der Waals surface area contributed by atoms with Gasteiger partial charge in [-0.05, 0) is 45.6 Å². The van der Waals surface area contributed by atoms with Crippen molar-refractivity contribution in [3.8, 4) is 0 Å². The second kappa shape index (κ2) is 7.33. The number of aromatic amines is 1. The van der Waals surface area contributed by atoms with Crippen molar-refractivity contribution >= 4 is 21.5 Å². The van der Waals surface area contributed by atoms with Crippen LogP contribution in [-0.4, -0.2) is 46.5 Å². The molecule has 4 rings (SSSR count). The van der Waals surface area contributed by atoms with Crippen molar-refractivity contribution in [3.63, 3.8) is 0 Å². The van der Waals surface area contributed by atoms with Crippen LogP contribution in [0.25, 0.3) is 0 Å². The fourth-order valence-corrected chi connectivity index (χ4v) is 4.01. The van der Waals surface area contributed by atoms with Crippen molar-refractivity contribution in [2.75, 3.05) is 11.6 Å². The summed E-state index contributed by atoms with van der Waals surface area (Å²) in [4.78, 5) is 8.00. The van der Waals surface area contributed by atoms with Gasteiger partial charge in [0.25, 0.3) is 0 Å². The lowest BCUT2D eigenvalue weighted by molar-refractivity contribution is 0.102. The number of sulfone groups is 1. The molecule has 2 aromatic heterocycles. The van der Waals surface area contributed by atoms with Crippen LogP contribution in [0.15, 0.2) is 35.9 Å². The van der Waals surface area contributed by atoms with Gasteiger partial charge in [0, 0.05) is 29.5 Å². The summed E-state index contributed by atoms with van der Waals surface area (Å²) < 4.78 is 28.9. The Morgan fingerprint density at radius 3 is 2.72 bits per heavy atom. The van der Waals surface area contributed by atoms with E-state index in [1.165, 1.54) is 12.4 Å². The molecule has 2 aromatic rings. The monoisotopic (exact) mass is 418 g/mol. The lowest BCUT2D eigenvalue weighted by Crippen LogP contribution is -2.29. The molecular formula is C19H26N6O3S. The fourth-order valence-electron chi connectivity index (χ4n) is 3.52. The van der Waals surface area contributed by atoms with Gasteiger partial charge in [0.15, 0.2) is 26.6 Å². The Hall–Kier alpha value is -2.62. The van der Waals surface area contributed by atoms with Crippen molar-refractivity contribution in [2.45, 2.75) is 61.6 Å². The van der Waals surface area contributed by atoms with Crippen molar-refractivity contribution in [2.24, 2.45) is 0 Å². The topological polar surface area (TPSA) is 122 Å². The molecule has 0 amide bonds. The predicted octanol–water partition coefficient (Wildman–Crippen LogP) is 2.61. The van der Waals surface area contributed by atoms with Gasteiger partial charge in [-0.2, -0.15) is 5.10 Å². The van der Waals surface area contributed by atoms with Gasteiger partial charge in [-0.25, -0.2) is 18.4 Å². The Labute approximate surface area is 170 Å². The number of nitrogens with zero attached hydrogens (tertiary/aromatic N) is 3. The molecule has 2 atom stereocenters.